The maximum atomic E-state index is 5.85. The SMILES string of the molecule is C#CCCC(NC)c1ccc(Cl)s1. The summed E-state index contributed by atoms with van der Waals surface area (Å²) in [5.41, 5.74) is 0. The van der Waals surface area contributed by atoms with E-state index in [1.54, 1.807) is 11.3 Å². The van der Waals surface area contributed by atoms with E-state index in [1.807, 2.05) is 19.2 Å². The highest BCUT2D eigenvalue weighted by Crippen LogP contribution is 2.28. The lowest BCUT2D eigenvalue weighted by atomic mass is 10.1. The molecule has 1 N–H and O–H groups in total. The fourth-order valence-electron chi connectivity index (χ4n) is 1.17. The minimum Gasteiger partial charge on any atom is -0.312 e. The molecule has 1 heterocycles. The summed E-state index contributed by atoms with van der Waals surface area (Å²) in [6.07, 6.45) is 6.97. The van der Waals surface area contributed by atoms with Crippen LogP contribution in [0.3, 0.4) is 0 Å². The summed E-state index contributed by atoms with van der Waals surface area (Å²) < 4.78 is 0.830. The maximum absolute atomic E-state index is 5.85. The number of nitrogens with one attached hydrogen (secondary N) is 1. The largest absolute Gasteiger partial charge is 0.312 e. The van der Waals surface area contributed by atoms with E-state index in [4.69, 9.17) is 18.0 Å². The second-order valence-corrected chi connectivity index (χ2v) is 4.47. The first-order chi connectivity index (χ1) is 6.27. The molecule has 3 heteroatoms. The van der Waals surface area contributed by atoms with Gasteiger partial charge in [0.1, 0.15) is 0 Å². The molecule has 13 heavy (non-hydrogen) atoms. The van der Waals surface area contributed by atoms with E-state index < -0.39 is 0 Å². The Hall–Kier alpha value is -0.490. The van der Waals surface area contributed by atoms with Gasteiger partial charge in [0.25, 0.3) is 0 Å². The van der Waals surface area contributed by atoms with Gasteiger partial charge in [-0.25, -0.2) is 0 Å². The van der Waals surface area contributed by atoms with Crippen molar-refractivity contribution in [3.8, 4) is 12.3 Å². The maximum Gasteiger partial charge on any atom is 0.0931 e. The van der Waals surface area contributed by atoms with Gasteiger partial charge in [-0.3, -0.25) is 0 Å². The van der Waals surface area contributed by atoms with Crippen LogP contribution in [0.1, 0.15) is 23.8 Å². The third-order valence-electron chi connectivity index (χ3n) is 1.86. The average molecular weight is 214 g/mol. The summed E-state index contributed by atoms with van der Waals surface area (Å²) in [5.74, 6) is 2.64. The van der Waals surface area contributed by atoms with E-state index in [0.717, 1.165) is 17.2 Å². The molecule has 1 unspecified atom stereocenters. The number of rotatable bonds is 4. The first kappa shape index (κ1) is 10.6. The molecule has 0 saturated heterocycles. The van der Waals surface area contributed by atoms with Crippen molar-refractivity contribution in [3.63, 3.8) is 0 Å². The molecule has 0 aliphatic heterocycles. The lowest BCUT2D eigenvalue weighted by Crippen LogP contribution is -2.14. The third kappa shape index (κ3) is 3.04. The summed E-state index contributed by atoms with van der Waals surface area (Å²) >= 11 is 7.45. The number of halogens is 1. The van der Waals surface area contributed by atoms with Gasteiger partial charge in [-0.15, -0.1) is 23.7 Å². The molecule has 0 bridgehead atoms. The Bertz CT molecular complexity index is 300. The molecule has 0 aliphatic rings. The smallest absolute Gasteiger partial charge is 0.0931 e. The fraction of sp³-hybridized carbons (Fsp3) is 0.400. The molecule has 0 spiro atoms. The predicted molar refractivity (Wildman–Crippen MR) is 59.2 cm³/mol. The van der Waals surface area contributed by atoms with Crippen LogP contribution in [0, 0.1) is 12.3 Å². The zero-order chi connectivity index (χ0) is 9.68. The van der Waals surface area contributed by atoms with Crippen LogP contribution in [0.2, 0.25) is 4.34 Å². The molecule has 1 aromatic rings. The van der Waals surface area contributed by atoms with Crippen LogP contribution in [-0.2, 0) is 0 Å². The third-order valence-corrected chi connectivity index (χ3v) is 3.21. The average Bonchev–Trinajstić information content (AvgIpc) is 2.54. The quantitative estimate of drug-likeness (QED) is 0.759. The highest BCUT2D eigenvalue weighted by Gasteiger charge is 2.10. The molecule has 0 aromatic carbocycles. The molecule has 0 radical (unpaired) electrons. The molecule has 1 atom stereocenters. The summed E-state index contributed by atoms with van der Waals surface area (Å²) in [6, 6.07) is 4.31. The van der Waals surface area contributed by atoms with Crippen LogP contribution in [0.5, 0.6) is 0 Å². The van der Waals surface area contributed by atoms with Gasteiger partial charge >= 0.3 is 0 Å². The lowest BCUT2D eigenvalue weighted by Gasteiger charge is -2.11. The van der Waals surface area contributed by atoms with Crippen molar-refractivity contribution in [1.82, 2.24) is 5.32 Å². The van der Waals surface area contributed by atoms with Gasteiger partial charge in [0.05, 0.1) is 4.34 Å². The Kier molecular flexibility index (Phi) is 4.31. The minimum absolute atomic E-state index is 0.341. The standard InChI is InChI=1S/C10H12ClNS/c1-3-4-5-8(12-2)9-6-7-10(11)13-9/h1,6-8,12H,4-5H2,2H3. The van der Waals surface area contributed by atoms with E-state index in [1.165, 1.54) is 4.88 Å². The highest BCUT2D eigenvalue weighted by molar-refractivity contribution is 7.16. The van der Waals surface area contributed by atoms with Crippen LogP contribution < -0.4 is 5.32 Å². The van der Waals surface area contributed by atoms with E-state index in [9.17, 15) is 0 Å². The van der Waals surface area contributed by atoms with Crippen molar-refractivity contribution in [3.05, 3.63) is 21.3 Å². The van der Waals surface area contributed by atoms with Gasteiger partial charge in [-0.1, -0.05) is 11.6 Å². The van der Waals surface area contributed by atoms with Crippen LogP contribution in [0.25, 0.3) is 0 Å². The summed E-state index contributed by atoms with van der Waals surface area (Å²) in [5, 5.41) is 3.22. The number of hydrogen-bond acceptors (Lipinski definition) is 2. The lowest BCUT2D eigenvalue weighted by molar-refractivity contribution is 0.567. The Balaban J connectivity index is 2.62. The molecule has 0 saturated carbocycles. The van der Waals surface area contributed by atoms with Crippen molar-refractivity contribution in [2.24, 2.45) is 0 Å². The van der Waals surface area contributed by atoms with E-state index in [0.29, 0.717) is 6.04 Å². The van der Waals surface area contributed by atoms with Crippen molar-refractivity contribution >= 4 is 22.9 Å². The van der Waals surface area contributed by atoms with Gasteiger partial charge in [0, 0.05) is 17.3 Å². The van der Waals surface area contributed by atoms with Crippen molar-refractivity contribution in [2.75, 3.05) is 7.05 Å². The summed E-state index contributed by atoms with van der Waals surface area (Å²) in [4.78, 5) is 1.25. The summed E-state index contributed by atoms with van der Waals surface area (Å²) in [6.45, 7) is 0. The van der Waals surface area contributed by atoms with Crippen LogP contribution in [0.15, 0.2) is 12.1 Å². The van der Waals surface area contributed by atoms with Gasteiger partial charge in [-0.2, -0.15) is 0 Å². The molecule has 0 amide bonds. The molecule has 0 aliphatic carbocycles. The molecular formula is C10H12ClNS. The Labute approximate surface area is 88.1 Å². The molecule has 1 rings (SSSR count). The first-order valence-corrected chi connectivity index (χ1v) is 5.33. The van der Waals surface area contributed by atoms with Crippen LogP contribution in [0.4, 0.5) is 0 Å². The van der Waals surface area contributed by atoms with Crippen LogP contribution >= 0.6 is 22.9 Å². The fourth-order valence-corrected chi connectivity index (χ4v) is 2.38. The summed E-state index contributed by atoms with van der Waals surface area (Å²) in [7, 11) is 1.94. The second-order valence-electron chi connectivity index (χ2n) is 2.73. The minimum atomic E-state index is 0.341. The van der Waals surface area contributed by atoms with Crippen molar-refractivity contribution < 1.29 is 0 Å². The molecule has 1 nitrogen and oxygen atoms in total. The van der Waals surface area contributed by atoms with Crippen molar-refractivity contribution in [2.45, 2.75) is 18.9 Å². The zero-order valence-electron chi connectivity index (χ0n) is 7.51. The Morgan fingerprint density at radius 1 is 1.69 bits per heavy atom. The number of hydrogen-bond donors (Lipinski definition) is 1. The first-order valence-electron chi connectivity index (χ1n) is 4.14. The van der Waals surface area contributed by atoms with Gasteiger partial charge in [0.15, 0.2) is 0 Å². The molecular weight excluding hydrogens is 202 g/mol. The number of terminal acetylenes is 1. The zero-order valence-corrected chi connectivity index (χ0v) is 9.08. The molecule has 1 aromatic heterocycles. The van der Waals surface area contributed by atoms with Gasteiger partial charge in [-0.05, 0) is 25.6 Å². The van der Waals surface area contributed by atoms with Gasteiger partial charge < -0.3 is 5.32 Å². The van der Waals surface area contributed by atoms with Crippen molar-refractivity contribution in [1.29, 1.82) is 0 Å². The predicted octanol–water partition coefficient (Wildman–Crippen LogP) is 3.08. The van der Waals surface area contributed by atoms with E-state index >= 15 is 0 Å². The van der Waals surface area contributed by atoms with E-state index in [2.05, 4.69) is 11.2 Å². The number of thiophene rings is 1. The van der Waals surface area contributed by atoms with E-state index in [-0.39, 0.29) is 0 Å². The Morgan fingerprint density at radius 2 is 2.46 bits per heavy atom. The monoisotopic (exact) mass is 213 g/mol. The van der Waals surface area contributed by atoms with Crippen LogP contribution in [-0.4, -0.2) is 7.05 Å². The molecule has 70 valence electrons. The Morgan fingerprint density at radius 3 is 2.92 bits per heavy atom. The normalized spacial score (nSPS) is 12.4. The topological polar surface area (TPSA) is 12.0 Å². The highest BCUT2D eigenvalue weighted by atomic mass is 35.5. The molecule has 0 fully saturated rings. The van der Waals surface area contributed by atoms with Gasteiger partial charge in [0.2, 0.25) is 0 Å². The second kappa shape index (κ2) is 5.29.